The molecule has 1 fully saturated rings. The zero-order valence-electron chi connectivity index (χ0n) is 22.6. The van der Waals surface area contributed by atoms with E-state index in [9.17, 15) is 8.78 Å². The third-order valence-electron chi connectivity index (χ3n) is 7.19. The number of alkyl halides is 2. The number of hydrogen-bond acceptors (Lipinski definition) is 6. The first kappa shape index (κ1) is 25.9. The molecule has 200 valence electrons. The molecule has 3 heterocycles. The van der Waals surface area contributed by atoms with E-state index in [1.807, 2.05) is 23.7 Å². The molecular formula is C29H34F2N6O. The molecule has 38 heavy (non-hydrogen) atoms. The van der Waals surface area contributed by atoms with E-state index < -0.39 is 6.61 Å². The fourth-order valence-corrected chi connectivity index (χ4v) is 4.90. The van der Waals surface area contributed by atoms with Gasteiger partial charge in [0.25, 0.3) is 0 Å². The summed E-state index contributed by atoms with van der Waals surface area (Å²) in [7, 11) is 1.98. The van der Waals surface area contributed by atoms with Crippen LogP contribution in [0.5, 0.6) is 5.75 Å². The quantitative estimate of drug-likeness (QED) is 0.335. The molecule has 0 bridgehead atoms. The van der Waals surface area contributed by atoms with Gasteiger partial charge in [0.05, 0.1) is 12.0 Å². The molecule has 0 unspecified atom stereocenters. The minimum absolute atomic E-state index is 0.0665. The SMILES string of the molecule is Cc1ccc(C(C)(C)C)cc1Cc1nc(N2CCN(c3ccc(OC(F)F)cc3)CC2)nc2ncn(C)c12. The van der Waals surface area contributed by atoms with Crippen LogP contribution in [-0.4, -0.2) is 52.3 Å². The van der Waals surface area contributed by atoms with E-state index in [1.54, 1.807) is 18.5 Å². The number of imidazole rings is 1. The highest BCUT2D eigenvalue weighted by Gasteiger charge is 2.23. The van der Waals surface area contributed by atoms with Gasteiger partial charge in [-0.2, -0.15) is 13.8 Å². The number of rotatable bonds is 6. The van der Waals surface area contributed by atoms with Crippen molar-refractivity contribution in [3.63, 3.8) is 0 Å². The lowest BCUT2D eigenvalue weighted by molar-refractivity contribution is -0.0498. The summed E-state index contributed by atoms with van der Waals surface area (Å²) in [5, 5.41) is 0. The van der Waals surface area contributed by atoms with E-state index in [2.05, 4.69) is 65.4 Å². The van der Waals surface area contributed by atoms with Crippen LogP contribution in [-0.2, 0) is 18.9 Å². The van der Waals surface area contributed by atoms with E-state index in [0.717, 1.165) is 43.1 Å². The summed E-state index contributed by atoms with van der Waals surface area (Å²) in [5.74, 6) is 0.853. The molecule has 0 amide bonds. The fourth-order valence-electron chi connectivity index (χ4n) is 4.90. The van der Waals surface area contributed by atoms with Crippen LogP contribution in [0.2, 0.25) is 0 Å². The lowest BCUT2D eigenvalue weighted by atomic mass is 9.84. The number of nitrogens with zero attached hydrogens (tertiary/aromatic N) is 6. The maximum atomic E-state index is 12.5. The Kier molecular flexibility index (Phi) is 6.94. The first-order chi connectivity index (χ1) is 18.1. The van der Waals surface area contributed by atoms with Crippen molar-refractivity contribution in [2.24, 2.45) is 7.05 Å². The van der Waals surface area contributed by atoms with E-state index in [0.29, 0.717) is 18.0 Å². The maximum Gasteiger partial charge on any atom is 0.387 e. The van der Waals surface area contributed by atoms with Crippen molar-refractivity contribution < 1.29 is 13.5 Å². The highest BCUT2D eigenvalue weighted by Crippen LogP contribution is 2.28. The lowest BCUT2D eigenvalue weighted by Crippen LogP contribution is -2.47. The molecule has 0 N–H and O–H groups in total. The van der Waals surface area contributed by atoms with E-state index >= 15 is 0 Å². The van der Waals surface area contributed by atoms with Gasteiger partial charge in [0.2, 0.25) is 5.95 Å². The number of hydrogen-bond donors (Lipinski definition) is 0. The van der Waals surface area contributed by atoms with Crippen molar-refractivity contribution in [3.05, 3.63) is 71.2 Å². The fraction of sp³-hybridized carbons (Fsp3) is 0.414. The molecule has 9 heteroatoms. The molecule has 0 atom stereocenters. The Bertz CT molecular complexity index is 1420. The third kappa shape index (κ3) is 5.42. The number of halogens is 2. The molecule has 0 radical (unpaired) electrons. The normalized spacial score (nSPS) is 14.5. The standard InChI is InChI=1S/C29H34F2N6O/c1-19-6-7-21(29(2,3)4)16-20(19)17-24-25-26(32-18-35(25)5)34-28(33-24)37-14-12-36(13-15-37)22-8-10-23(11-9-22)38-27(30)31/h6-11,16,18,27H,12-15,17H2,1-5H3. The zero-order chi connectivity index (χ0) is 27.0. The van der Waals surface area contributed by atoms with Crippen LogP contribution in [0.1, 0.15) is 43.2 Å². The van der Waals surface area contributed by atoms with Gasteiger partial charge in [0, 0.05) is 45.3 Å². The largest absolute Gasteiger partial charge is 0.435 e. The number of fused-ring (bicyclic) bond motifs is 1. The highest BCUT2D eigenvalue weighted by atomic mass is 19.3. The average molecular weight is 521 g/mol. The molecule has 1 saturated heterocycles. The minimum atomic E-state index is -2.82. The second kappa shape index (κ2) is 10.2. The number of aryl methyl sites for hydroxylation is 2. The van der Waals surface area contributed by atoms with Crippen molar-refractivity contribution in [2.45, 2.75) is 46.1 Å². The van der Waals surface area contributed by atoms with Crippen molar-refractivity contribution in [3.8, 4) is 5.75 Å². The summed E-state index contributed by atoms with van der Waals surface area (Å²) in [6.07, 6.45) is 2.50. The van der Waals surface area contributed by atoms with Crippen LogP contribution >= 0.6 is 0 Å². The molecular weight excluding hydrogens is 486 g/mol. The Balaban J connectivity index is 1.37. The molecule has 0 aliphatic carbocycles. The molecule has 1 aliphatic rings. The zero-order valence-corrected chi connectivity index (χ0v) is 22.6. The van der Waals surface area contributed by atoms with Crippen LogP contribution < -0.4 is 14.5 Å². The Morgan fingerprint density at radius 3 is 2.29 bits per heavy atom. The number of anilines is 2. The van der Waals surface area contributed by atoms with Gasteiger partial charge in [-0.1, -0.05) is 39.0 Å². The lowest BCUT2D eigenvalue weighted by Gasteiger charge is -2.36. The molecule has 4 aromatic rings. The summed E-state index contributed by atoms with van der Waals surface area (Å²) in [6, 6.07) is 13.5. The topological polar surface area (TPSA) is 59.3 Å². The monoisotopic (exact) mass is 520 g/mol. The van der Waals surface area contributed by atoms with Crippen molar-refractivity contribution in [2.75, 3.05) is 36.0 Å². The van der Waals surface area contributed by atoms with E-state index in [4.69, 9.17) is 9.97 Å². The maximum absolute atomic E-state index is 12.5. The van der Waals surface area contributed by atoms with Crippen molar-refractivity contribution >= 4 is 22.8 Å². The predicted octanol–water partition coefficient (Wildman–Crippen LogP) is 5.49. The molecule has 0 saturated carbocycles. The Labute approximate surface area is 222 Å². The molecule has 7 nitrogen and oxygen atoms in total. The van der Waals surface area contributed by atoms with Gasteiger partial charge < -0.3 is 19.1 Å². The van der Waals surface area contributed by atoms with Crippen LogP contribution in [0.4, 0.5) is 20.4 Å². The van der Waals surface area contributed by atoms with Gasteiger partial charge in [-0.3, -0.25) is 0 Å². The Hall–Kier alpha value is -3.75. The first-order valence-electron chi connectivity index (χ1n) is 12.9. The Morgan fingerprint density at radius 2 is 1.63 bits per heavy atom. The predicted molar refractivity (Wildman–Crippen MR) is 146 cm³/mol. The van der Waals surface area contributed by atoms with Gasteiger partial charge in [0.1, 0.15) is 11.3 Å². The summed E-state index contributed by atoms with van der Waals surface area (Å²) < 4.78 is 31.4. The average Bonchev–Trinajstić information content (AvgIpc) is 3.25. The smallest absolute Gasteiger partial charge is 0.387 e. The van der Waals surface area contributed by atoms with Gasteiger partial charge in [0.15, 0.2) is 5.65 Å². The molecule has 2 aromatic carbocycles. The molecule has 5 rings (SSSR count). The minimum Gasteiger partial charge on any atom is -0.435 e. The van der Waals surface area contributed by atoms with Crippen LogP contribution in [0.25, 0.3) is 11.2 Å². The van der Waals surface area contributed by atoms with Crippen molar-refractivity contribution in [1.29, 1.82) is 0 Å². The van der Waals surface area contributed by atoms with E-state index in [-0.39, 0.29) is 11.2 Å². The van der Waals surface area contributed by atoms with Crippen LogP contribution in [0.15, 0.2) is 48.8 Å². The van der Waals surface area contributed by atoms with Gasteiger partial charge in [-0.05, 0) is 53.3 Å². The Morgan fingerprint density at radius 1 is 0.947 bits per heavy atom. The van der Waals surface area contributed by atoms with E-state index in [1.165, 1.54) is 16.7 Å². The second-order valence-corrected chi connectivity index (χ2v) is 10.9. The highest BCUT2D eigenvalue weighted by molar-refractivity contribution is 5.75. The van der Waals surface area contributed by atoms with Crippen LogP contribution in [0.3, 0.4) is 0 Å². The first-order valence-corrected chi connectivity index (χ1v) is 12.9. The van der Waals surface area contributed by atoms with Gasteiger partial charge in [-0.15, -0.1) is 0 Å². The number of benzene rings is 2. The van der Waals surface area contributed by atoms with Crippen LogP contribution in [0, 0.1) is 6.92 Å². The summed E-state index contributed by atoms with van der Waals surface area (Å²) in [5.41, 5.74) is 7.47. The summed E-state index contributed by atoms with van der Waals surface area (Å²) in [4.78, 5) is 18.9. The third-order valence-corrected chi connectivity index (χ3v) is 7.19. The second-order valence-electron chi connectivity index (χ2n) is 10.9. The number of ether oxygens (including phenoxy) is 1. The summed E-state index contributed by atoms with van der Waals surface area (Å²) in [6.45, 7) is 9.03. The van der Waals surface area contributed by atoms with Crippen molar-refractivity contribution in [1.82, 2.24) is 19.5 Å². The molecule has 2 aromatic heterocycles. The summed E-state index contributed by atoms with van der Waals surface area (Å²) >= 11 is 0. The molecule has 1 aliphatic heterocycles. The van der Waals surface area contributed by atoms with Gasteiger partial charge in [-0.25, -0.2) is 9.97 Å². The number of aromatic nitrogens is 4. The number of piperazine rings is 1. The van der Waals surface area contributed by atoms with Gasteiger partial charge >= 0.3 is 6.61 Å². The molecule has 0 spiro atoms.